The molecule has 32 heavy (non-hydrogen) atoms. The Morgan fingerprint density at radius 2 is 1.97 bits per heavy atom. The minimum absolute atomic E-state index is 0.0614. The number of thiophene rings is 1. The van der Waals surface area contributed by atoms with Crippen LogP contribution in [0, 0.1) is 0 Å². The Balaban J connectivity index is 1.48. The van der Waals surface area contributed by atoms with E-state index in [0.29, 0.717) is 24.5 Å². The molecular weight excluding hydrogens is 422 g/mol. The van der Waals surface area contributed by atoms with Crippen molar-refractivity contribution >= 4 is 23.2 Å². The maximum Gasteiger partial charge on any atom is 0.271 e. The second-order valence-electron chi connectivity index (χ2n) is 9.04. The van der Waals surface area contributed by atoms with E-state index >= 15 is 0 Å². The molecular formula is C25H29N3O3S. The van der Waals surface area contributed by atoms with Crippen molar-refractivity contribution in [2.45, 2.75) is 63.6 Å². The molecule has 0 spiro atoms. The van der Waals surface area contributed by atoms with E-state index in [9.17, 15) is 9.59 Å². The molecule has 1 N–H and O–H groups in total. The molecule has 0 aromatic carbocycles. The van der Waals surface area contributed by atoms with Gasteiger partial charge in [0.1, 0.15) is 17.0 Å². The van der Waals surface area contributed by atoms with Crippen LogP contribution in [0.2, 0.25) is 0 Å². The van der Waals surface area contributed by atoms with Crippen molar-refractivity contribution in [2.75, 3.05) is 6.54 Å². The predicted molar refractivity (Wildman–Crippen MR) is 125 cm³/mol. The van der Waals surface area contributed by atoms with E-state index < -0.39 is 5.54 Å². The first kappa shape index (κ1) is 21.1. The van der Waals surface area contributed by atoms with Crippen LogP contribution >= 0.6 is 11.3 Å². The molecule has 1 aliphatic carbocycles. The number of hydrogen-bond acceptors (Lipinski definition) is 4. The molecule has 0 saturated heterocycles. The van der Waals surface area contributed by atoms with Crippen LogP contribution in [0.25, 0.3) is 11.5 Å². The summed E-state index contributed by atoms with van der Waals surface area (Å²) in [7, 11) is 0. The first-order valence-electron chi connectivity index (χ1n) is 11.4. The van der Waals surface area contributed by atoms with Crippen LogP contribution in [-0.4, -0.2) is 39.4 Å². The third kappa shape index (κ3) is 3.79. The smallest absolute Gasteiger partial charge is 0.271 e. The molecule has 1 fully saturated rings. The number of hydrogen-bond donors (Lipinski definition) is 1. The fourth-order valence-corrected chi connectivity index (χ4v) is 5.73. The number of fused-ring (bicyclic) bond motifs is 1. The lowest BCUT2D eigenvalue weighted by Gasteiger charge is -2.45. The molecule has 3 aromatic rings. The summed E-state index contributed by atoms with van der Waals surface area (Å²) in [5, 5.41) is 5.33. The normalized spacial score (nSPS) is 21.5. The summed E-state index contributed by atoms with van der Waals surface area (Å²) in [5.74, 6) is 0.534. The summed E-state index contributed by atoms with van der Waals surface area (Å²) in [6.45, 7) is 2.82. The number of rotatable bonds is 6. The monoisotopic (exact) mass is 451 g/mol. The zero-order valence-corrected chi connectivity index (χ0v) is 19.2. The van der Waals surface area contributed by atoms with E-state index in [4.69, 9.17) is 4.42 Å². The van der Waals surface area contributed by atoms with Crippen molar-refractivity contribution in [2.24, 2.45) is 0 Å². The molecule has 0 unspecified atom stereocenters. The van der Waals surface area contributed by atoms with Crippen LogP contribution in [0.1, 0.15) is 54.4 Å². The highest BCUT2D eigenvalue weighted by Crippen LogP contribution is 2.34. The quantitative estimate of drug-likeness (QED) is 0.590. The molecule has 5 rings (SSSR count). The summed E-state index contributed by atoms with van der Waals surface area (Å²) in [6.07, 6.45) is 7.91. The molecule has 3 aromatic heterocycles. The number of furan rings is 1. The topological polar surface area (TPSA) is 67.5 Å². The van der Waals surface area contributed by atoms with Crippen LogP contribution < -0.4 is 5.32 Å². The first-order valence-corrected chi connectivity index (χ1v) is 12.3. The fourth-order valence-electron chi connectivity index (χ4n) is 5.03. The maximum absolute atomic E-state index is 13.7. The Kier molecular flexibility index (Phi) is 5.67. The Morgan fingerprint density at radius 1 is 1.16 bits per heavy atom. The molecule has 1 aliphatic heterocycles. The largest absolute Gasteiger partial charge is 0.463 e. The van der Waals surface area contributed by atoms with Crippen molar-refractivity contribution in [3.05, 3.63) is 58.6 Å². The fraction of sp³-hybridized carbons (Fsp3) is 0.440. The summed E-state index contributed by atoms with van der Waals surface area (Å²) in [5.41, 5.74) is 0.456. The van der Waals surface area contributed by atoms with Gasteiger partial charge in [0.2, 0.25) is 5.91 Å². The van der Waals surface area contributed by atoms with Gasteiger partial charge in [0.25, 0.3) is 5.91 Å². The lowest BCUT2D eigenvalue weighted by atomic mass is 9.91. The van der Waals surface area contributed by atoms with Gasteiger partial charge in [0.05, 0.1) is 18.5 Å². The van der Waals surface area contributed by atoms with E-state index in [1.807, 2.05) is 47.2 Å². The van der Waals surface area contributed by atoms with E-state index in [0.717, 1.165) is 37.8 Å². The minimum Gasteiger partial charge on any atom is -0.463 e. The Bertz CT molecular complexity index is 1080. The molecule has 4 heterocycles. The molecule has 0 bridgehead atoms. The Hall–Kier alpha value is -2.80. The van der Waals surface area contributed by atoms with Gasteiger partial charge in [-0.05, 0) is 61.9 Å². The number of nitrogens with one attached hydrogen (secondary N) is 1. The van der Waals surface area contributed by atoms with Gasteiger partial charge >= 0.3 is 0 Å². The van der Waals surface area contributed by atoms with E-state index in [1.165, 1.54) is 11.3 Å². The second kappa shape index (κ2) is 8.62. The van der Waals surface area contributed by atoms with E-state index in [2.05, 4.69) is 11.4 Å². The average molecular weight is 452 g/mol. The van der Waals surface area contributed by atoms with Crippen LogP contribution in [-0.2, 0) is 17.8 Å². The molecule has 1 saturated carbocycles. The van der Waals surface area contributed by atoms with Crippen molar-refractivity contribution < 1.29 is 14.0 Å². The van der Waals surface area contributed by atoms with Crippen molar-refractivity contribution in [3.8, 4) is 11.5 Å². The number of aromatic nitrogens is 1. The zero-order valence-electron chi connectivity index (χ0n) is 18.4. The number of nitrogens with zero attached hydrogens (tertiary/aromatic N) is 2. The lowest BCUT2D eigenvalue weighted by molar-refractivity contribution is -0.133. The van der Waals surface area contributed by atoms with Crippen LogP contribution in [0.15, 0.2) is 52.5 Å². The molecule has 168 valence electrons. The maximum atomic E-state index is 13.7. The second-order valence-corrected chi connectivity index (χ2v) is 10.1. The SMILES string of the molecule is C[C@]1(C(=O)NC2CCCCC2)Cn2c(ccc2-c2ccco2)C(=O)N1CCc1cccs1. The Labute approximate surface area is 192 Å². The van der Waals surface area contributed by atoms with Crippen molar-refractivity contribution in [1.29, 1.82) is 0 Å². The lowest BCUT2D eigenvalue weighted by Crippen LogP contribution is -2.65. The third-order valence-electron chi connectivity index (χ3n) is 6.87. The highest BCUT2D eigenvalue weighted by atomic mass is 32.1. The summed E-state index contributed by atoms with van der Waals surface area (Å²) in [6, 6.07) is 11.8. The first-order chi connectivity index (χ1) is 15.6. The summed E-state index contributed by atoms with van der Waals surface area (Å²) < 4.78 is 7.56. The number of amides is 2. The third-order valence-corrected chi connectivity index (χ3v) is 7.81. The summed E-state index contributed by atoms with van der Waals surface area (Å²) in [4.78, 5) is 30.4. The highest BCUT2D eigenvalue weighted by molar-refractivity contribution is 7.09. The summed E-state index contributed by atoms with van der Waals surface area (Å²) >= 11 is 1.68. The van der Waals surface area contributed by atoms with Crippen LogP contribution in [0.4, 0.5) is 0 Å². The van der Waals surface area contributed by atoms with Gasteiger partial charge in [0.15, 0.2) is 0 Å². The number of carbonyl (C=O) groups is 2. The van der Waals surface area contributed by atoms with E-state index in [1.54, 1.807) is 22.5 Å². The molecule has 0 radical (unpaired) electrons. The van der Waals surface area contributed by atoms with Gasteiger partial charge in [-0.2, -0.15) is 0 Å². The van der Waals surface area contributed by atoms with Gasteiger partial charge in [-0.15, -0.1) is 11.3 Å². The molecule has 7 heteroatoms. The standard InChI is InChI=1S/C25H29N3O3S/c1-25(24(30)26-18-7-3-2-4-8-18)17-27-20(22-10-5-15-31-22)11-12-21(27)23(29)28(25)14-13-19-9-6-16-32-19/h5-6,9-12,15-16,18H,2-4,7-8,13-14,17H2,1H3,(H,26,30)/t25-/m1/s1. The number of carbonyl (C=O) groups excluding carboxylic acids is 2. The van der Waals surface area contributed by atoms with Gasteiger partial charge in [-0.25, -0.2) is 0 Å². The molecule has 2 amide bonds. The van der Waals surface area contributed by atoms with Gasteiger partial charge in [-0.3, -0.25) is 9.59 Å². The highest BCUT2D eigenvalue weighted by Gasteiger charge is 2.48. The average Bonchev–Trinajstić information content (AvgIpc) is 3.56. The molecule has 1 atom stereocenters. The predicted octanol–water partition coefficient (Wildman–Crippen LogP) is 4.72. The molecule has 6 nitrogen and oxygen atoms in total. The van der Waals surface area contributed by atoms with Crippen molar-refractivity contribution in [1.82, 2.24) is 14.8 Å². The van der Waals surface area contributed by atoms with Crippen molar-refractivity contribution in [3.63, 3.8) is 0 Å². The zero-order chi connectivity index (χ0) is 22.1. The van der Waals surface area contributed by atoms with Gasteiger partial charge in [-0.1, -0.05) is 25.3 Å². The van der Waals surface area contributed by atoms with E-state index in [-0.39, 0.29) is 17.9 Å². The minimum atomic E-state index is -0.973. The van der Waals surface area contributed by atoms with Gasteiger partial charge < -0.3 is 19.2 Å². The van der Waals surface area contributed by atoms with Gasteiger partial charge in [0, 0.05) is 17.5 Å². The van der Waals surface area contributed by atoms with Crippen LogP contribution in [0.5, 0.6) is 0 Å². The molecule has 2 aliphatic rings. The van der Waals surface area contributed by atoms with Crippen LogP contribution in [0.3, 0.4) is 0 Å². The Morgan fingerprint density at radius 3 is 2.69 bits per heavy atom.